The van der Waals surface area contributed by atoms with Gasteiger partial charge in [-0.15, -0.1) is 0 Å². The molecule has 2 saturated carbocycles. The molecule has 0 bridgehead atoms. The molecule has 35 heavy (non-hydrogen) atoms. The molecule has 5 fully saturated rings. The third-order valence-electron chi connectivity index (χ3n) is 8.88. The summed E-state index contributed by atoms with van der Waals surface area (Å²) in [5, 5.41) is 71.7. The zero-order chi connectivity index (χ0) is 25.0. The van der Waals surface area contributed by atoms with Gasteiger partial charge in [0, 0.05) is 5.92 Å². The van der Waals surface area contributed by atoms with Crippen LogP contribution in [-0.4, -0.2) is 122 Å². The van der Waals surface area contributed by atoms with Gasteiger partial charge in [0.15, 0.2) is 6.29 Å². The van der Waals surface area contributed by atoms with E-state index >= 15 is 0 Å². The van der Waals surface area contributed by atoms with Crippen LogP contribution in [0.3, 0.4) is 0 Å². The van der Waals surface area contributed by atoms with E-state index in [-0.39, 0.29) is 36.1 Å². The second-order valence-electron chi connectivity index (χ2n) is 11.2. The van der Waals surface area contributed by atoms with Crippen LogP contribution in [0.4, 0.5) is 0 Å². The van der Waals surface area contributed by atoms with Crippen LogP contribution in [0, 0.1) is 17.8 Å². The smallest absolute Gasteiger partial charge is 0.187 e. The second kappa shape index (κ2) is 10.4. The maximum Gasteiger partial charge on any atom is 0.187 e. The average molecular weight is 505 g/mol. The monoisotopic (exact) mass is 504 g/mol. The summed E-state index contributed by atoms with van der Waals surface area (Å²) in [6, 6.07) is 0. The van der Waals surface area contributed by atoms with E-state index in [9.17, 15) is 35.7 Å². The Kier molecular flexibility index (Phi) is 7.76. The first kappa shape index (κ1) is 26.2. The van der Waals surface area contributed by atoms with Crippen LogP contribution in [-0.2, 0) is 18.9 Å². The fraction of sp³-hybridized carbons (Fsp3) is 1.00. The van der Waals surface area contributed by atoms with Gasteiger partial charge in [-0.05, 0) is 57.3 Å². The molecular formula is C24H40O11. The van der Waals surface area contributed by atoms with E-state index in [2.05, 4.69) is 0 Å². The van der Waals surface area contributed by atoms with Crippen molar-refractivity contribution in [2.75, 3.05) is 6.61 Å². The van der Waals surface area contributed by atoms with Crippen LogP contribution in [0.2, 0.25) is 0 Å². The molecule has 0 amide bonds. The van der Waals surface area contributed by atoms with Gasteiger partial charge in [0.2, 0.25) is 0 Å². The first-order chi connectivity index (χ1) is 16.7. The Labute approximate surface area is 204 Å². The number of aliphatic hydroxyl groups excluding tert-OH is 7. The van der Waals surface area contributed by atoms with Crippen molar-refractivity contribution < 1.29 is 54.7 Å². The molecule has 0 aromatic rings. The zero-order valence-electron chi connectivity index (χ0n) is 20.0. The third kappa shape index (κ3) is 4.90. The molecule has 11 unspecified atom stereocenters. The summed E-state index contributed by atoms with van der Waals surface area (Å²) in [4.78, 5) is 0. The molecule has 0 spiro atoms. The molecule has 5 aliphatic rings. The minimum atomic E-state index is -1.56. The summed E-state index contributed by atoms with van der Waals surface area (Å²) < 4.78 is 24.8. The second-order valence-corrected chi connectivity index (χ2v) is 11.2. The van der Waals surface area contributed by atoms with Gasteiger partial charge in [0.05, 0.1) is 55.4 Å². The predicted octanol–water partition coefficient (Wildman–Crippen LogP) is -1.97. The predicted molar refractivity (Wildman–Crippen MR) is 118 cm³/mol. The Morgan fingerprint density at radius 1 is 0.771 bits per heavy atom. The summed E-state index contributed by atoms with van der Waals surface area (Å²) in [6.45, 7) is 1.42. The highest BCUT2D eigenvalue weighted by Gasteiger charge is 2.58. The van der Waals surface area contributed by atoms with Crippen LogP contribution in [0.1, 0.15) is 45.4 Å². The van der Waals surface area contributed by atoms with Crippen molar-refractivity contribution in [2.24, 2.45) is 17.8 Å². The third-order valence-corrected chi connectivity index (χ3v) is 8.88. The molecule has 0 radical (unpaired) electrons. The summed E-state index contributed by atoms with van der Waals surface area (Å²) >= 11 is 0. The highest BCUT2D eigenvalue weighted by atomic mass is 16.7. The molecule has 5 rings (SSSR count). The van der Waals surface area contributed by atoms with Crippen molar-refractivity contribution in [1.29, 1.82) is 0 Å². The van der Waals surface area contributed by atoms with Gasteiger partial charge in [-0.25, -0.2) is 0 Å². The molecule has 11 nitrogen and oxygen atoms in total. The fourth-order valence-corrected chi connectivity index (χ4v) is 7.15. The van der Waals surface area contributed by atoms with Crippen molar-refractivity contribution in [2.45, 2.75) is 125 Å². The summed E-state index contributed by atoms with van der Waals surface area (Å²) in [5.74, 6) is -0.240. The summed E-state index contributed by atoms with van der Waals surface area (Å²) in [5.41, 5.74) is 0. The molecule has 3 saturated heterocycles. The molecule has 3 aliphatic heterocycles. The largest absolute Gasteiger partial charge is 0.394 e. The number of aliphatic hydroxyl groups is 7. The molecule has 16 atom stereocenters. The highest BCUT2D eigenvalue weighted by molar-refractivity contribution is 5.05. The van der Waals surface area contributed by atoms with Gasteiger partial charge in [0.25, 0.3) is 0 Å². The van der Waals surface area contributed by atoms with Crippen molar-refractivity contribution in [1.82, 2.24) is 0 Å². The van der Waals surface area contributed by atoms with Gasteiger partial charge in [0.1, 0.15) is 24.4 Å². The lowest BCUT2D eigenvalue weighted by Crippen LogP contribution is -2.66. The summed E-state index contributed by atoms with van der Waals surface area (Å²) in [7, 11) is 0. The number of ether oxygens (including phenoxy) is 4. The van der Waals surface area contributed by atoms with Crippen LogP contribution in [0.25, 0.3) is 0 Å². The van der Waals surface area contributed by atoms with Crippen LogP contribution < -0.4 is 0 Å². The van der Waals surface area contributed by atoms with Gasteiger partial charge in [-0.3, -0.25) is 0 Å². The molecule has 202 valence electrons. The molecular weight excluding hydrogens is 464 g/mol. The van der Waals surface area contributed by atoms with Crippen LogP contribution in [0.15, 0.2) is 0 Å². The van der Waals surface area contributed by atoms with Crippen LogP contribution >= 0.6 is 0 Å². The van der Waals surface area contributed by atoms with Gasteiger partial charge in [-0.1, -0.05) is 0 Å². The van der Waals surface area contributed by atoms with Crippen molar-refractivity contribution >= 4 is 0 Å². The number of hydrogen-bond acceptors (Lipinski definition) is 11. The van der Waals surface area contributed by atoms with Crippen LogP contribution in [0.5, 0.6) is 0 Å². The maximum absolute atomic E-state index is 10.7. The van der Waals surface area contributed by atoms with Gasteiger partial charge in [-0.2, -0.15) is 0 Å². The zero-order valence-corrected chi connectivity index (χ0v) is 20.0. The Bertz CT molecular complexity index is 722. The molecule has 2 aliphatic carbocycles. The van der Waals surface area contributed by atoms with Crippen molar-refractivity contribution in [3.63, 3.8) is 0 Å². The molecule has 11 heteroatoms. The minimum absolute atomic E-state index is 0.0418. The number of hydrogen-bond donors (Lipinski definition) is 7. The fourth-order valence-electron chi connectivity index (χ4n) is 7.15. The lowest BCUT2D eigenvalue weighted by atomic mass is 9.64. The lowest BCUT2D eigenvalue weighted by Gasteiger charge is -2.58. The van der Waals surface area contributed by atoms with E-state index in [1.807, 2.05) is 6.92 Å². The van der Waals surface area contributed by atoms with E-state index in [4.69, 9.17) is 18.9 Å². The van der Waals surface area contributed by atoms with E-state index in [0.717, 1.165) is 0 Å². The van der Waals surface area contributed by atoms with E-state index < -0.39 is 67.8 Å². The normalized spacial score (nSPS) is 56.9. The molecule has 0 aromatic heterocycles. The Hall–Kier alpha value is -0.440. The molecule has 0 aromatic carbocycles. The average Bonchev–Trinajstić information content (AvgIpc) is 2.81. The van der Waals surface area contributed by atoms with E-state index in [1.54, 1.807) is 0 Å². The van der Waals surface area contributed by atoms with E-state index in [1.165, 1.54) is 0 Å². The van der Waals surface area contributed by atoms with E-state index in [0.29, 0.717) is 38.5 Å². The maximum atomic E-state index is 10.7. The minimum Gasteiger partial charge on any atom is -0.394 e. The Balaban J connectivity index is 1.45. The first-order valence-electron chi connectivity index (χ1n) is 13.0. The topological polar surface area (TPSA) is 179 Å². The Morgan fingerprint density at radius 2 is 1.49 bits per heavy atom. The highest BCUT2D eigenvalue weighted by Crippen LogP contribution is 2.50. The van der Waals surface area contributed by atoms with Gasteiger partial charge < -0.3 is 54.7 Å². The van der Waals surface area contributed by atoms with Gasteiger partial charge >= 0.3 is 0 Å². The van der Waals surface area contributed by atoms with Crippen molar-refractivity contribution in [3.8, 4) is 0 Å². The lowest BCUT2D eigenvalue weighted by molar-refractivity contribution is -0.350. The standard InChI is InChI=1S/C24H40O11/c1-9-4-12-18-15(32-9)6-11(26)7-16(18)33-22(10-2-3-13(27)14(28)5-10)23(12)35-24-21(31)20(30)19(29)17(8-25)34-24/h9-31H,2-8H2,1H3/t9?,10?,11?,12?,13?,14?,15?,16?,17-,18?,19-,20+,21-,22?,23?,24+/m1/s1. The molecule has 3 heterocycles. The first-order valence-corrected chi connectivity index (χ1v) is 13.0. The van der Waals surface area contributed by atoms with Crippen molar-refractivity contribution in [3.05, 3.63) is 0 Å². The SMILES string of the molecule is CC1CC2C(O[C@@H]3O[C@H](CO)[C@@H](O)[C@H](O)[C@H]3O)C(C3CCC(O)C(O)C3)OC3CC(O)CC(O1)C32. The number of rotatable bonds is 4. The summed E-state index contributed by atoms with van der Waals surface area (Å²) in [6.07, 6.45) is -7.88. The Morgan fingerprint density at radius 3 is 2.17 bits per heavy atom. The quantitative estimate of drug-likeness (QED) is 0.226. The molecule has 7 N–H and O–H groups in total.